The fourth-order valence-corrected chi connectivity index (χ4v) is 3.21. The third-order valence-corrected chi connectivity index (χ3v) is 4.40. The van der Waals surface area contributed by atoms with Crippen molar-refractivity contribution < 1.29 is 23.5 Å². The molecule has 1 aromatic heterocycles. The van der Waals surface area contributed by atoms with Crippen LogP contribution in [0.4, 0.5) is 0 Å². The van der Waals surface area contributed by atoms with Gasteiger partial charge in [-0.15, -0.1) is 0 Å². The van der Waals surface area contributed by atoms with E-state index in [0.29, 0.717) is 22.3 Å². The van der Waals surface area contributed by atoms with Gasteiger partial charge < -0.3 is 19.6 Å². The van der Waals surface area contributed by atoms with Gasteiger partial charge in [-0.05, 0) is 29.8 Å². The van der Waals surface area contributed by atoms with E-state index in [2.05, 4.69) is 0 Å². The third kappa shape index (κ3) is 3.15. The lowest BCUT2D eigenvalue weighted by molar-refractivity contribution is -0.135. The van der Waals surface area contributed by atoms with Gasteiger partial charge in [0.25, 0.3) is 5.91 Å². The molecule has 2 heterocycles. The average Bonchev–Trinajstić information content (AvgIpc) is 2.66. The molecular weight excluding hydrogens is 350 g/mol. The topological polar surface area (TPSA) is 109 Å². The van der Waals surface area contributed by atoms with Crippen LogP contribution in [0.1, 0.15) is 23.5 Å². The molecule has 27 heavy (non-hydrogen) atoms. The Morgan fingerprint density at radius 3 is 2.59 bits per heavy atom. The summed E-state index contributed by atoms with van der Waals surface area (Å²) in [6.07, 6.45) is 0.0254. The number of rotatable bonds is 4. The number of primary amides is 1. The molecule has 4 rings (SSSR count). The summed E-state index contributed by atoms with van der Waals surface area (Å²) in [6.45, 7) is -0.229. The second-order valence-corrected chi connectivity index (χ2v) is 6.18. The number of carbonyl (C=O) groups is 2. The van der Waals surface area contributed by atoms with Crippen LogP contribution in [0.25, 0.3) is 11.0 Å². The zero-order valence-corrected chi connectivity index (χ0v) is 14.1. The predicted molar refractivity (Wildman–Crippen MR) is 95.7 cm³/mol. The van der Waals surface area contributed by atoms with Gasteiger partial charge in [-0.3, -0.25) is 9.59 Å². The van der Waals surface area contributed by atoms with Gasteiger partial charge in [0, 0.05) is 5.92 Å². The summed E-state index contributed by atoms with van der Waals surface area (Å²) in [4.78, 5) is 35.6. The fourth-order valence-electron chi connectivity index (χ4n) is 3.21. The van der Waals surface area contributed by atoms with Crippen LogP contribution >= 0.6 is 0 Å². The normalized spacial score (nSPS) is 15.9. The summed E-state index contributed by atoms with van der Waals surface area (Å²) in [7, 11) is 0. The second-order valence-electron chi connectivity index (χ2n) is 6.18. The molecule has 7 nitrogen and oxygen atoms in total. The largest absolute Gasteiger partial charge is 0.484 e. The van der Waals surface area contributed by atoms with E-state index in [1.165, 1.54) is 0 Å². The zero-order chi connectivity index (χ0) is 19.0. The smallest absolute Gasteiger partial charge is 0.343 e. The molecule has 0 radical (unpaired) electrons. The summed E-state index contributed by atoms with van der Waals surface area (Å²) in [5.41, 5.74) is 5.95. The van der Waals surface area contributed by atoms with Crippen LogP contribution < -0.4 is 20.8 Å². The number of para-hydroxylation sites is 1. The average molecular weight is 365 g/mol. The van der Waals surface area contributed by atoms with Crippen LogP contribution in [0.15, 0.2) is 57.7 Å². The number of nitrogens with two attached hydrogens (primary N) is 1. The molecule has 0 aliphatic carbocycles. The van der Waals surface area contributed by atoms with E-state index in [1.54, 1.807) is 48.5 Å². The minimum atomic E-state index is -0.576. The molecule has 7 heteroatoms. The Kier molecular flexibility index (Phi) is 4.12. The molecule has 1 amide bonds. The molecule has 0 saturated carbocycles. The van der Waals surface area contributed by atoms with Gasteiger partial charge in [0.1, 0.15) is 11.3 Å². The van der Waals surface area contributed by atoms with Crippen molar-refractivity contribution in [2.45, 2.75) is 12.3 Å². The van der Waals surface area contributed by atoms with E-state index in [1.807, 2.05) is 0 Å². The van der Waals surface area contributed by atoms with E-state index in [9.17, 15) is 14.4 Å². The Hall–Kier alpha value is -3.61. The minimum absolute atomic E-state index is 0.0254. The van der Waals surface area contributed by atoms with Gasteiger partial charge in [-0.2, -0.15) is 0 Å². The van der Waals surface area contributed by atoms with Crippen molar-refractivity contribution >= 4 is 22.8 Å². The number of hydrogen-bond acceptors (Lipinski definition) is 6. The maximum absolute atomic E-state index is 12.6. The highest BCUT2D eigenvalue weighted by atomic mass is 16.5. The molecule has 0 saturated heterocycles. The second kappa shape index (κ2) is 6.60. The van der Waals surface area contributed by atoms with Gasteiger partial charge in [0.15, 0.2) is 12.4 Å². The molecule has 2 N–H and O–H groups in total. The Morgan fingerprint density at radius 1 is 1.11 bits per heavy atom. The summed E-state index contributed by atoms with van der Waals surface area (Å²) in [5.74, 6) is -0.781. The lowest BCUT2D eigenvalue weighted by atomic mass is 9.86. The molecule has 1 aliphatic rings. The molecule has 1 atom stereocenters. The summed E-state index contributed by atoms with van der Waals surface area (Å²) < 4.78 is 16.0. The van der Waals surface area contributed by atoms with Crippen molar-refractivity contribution in [3.8, 4) is 11.5 Å². The number of ether oxygens (including phenoxy) is 2. The Morgan fingerprint density at radius 2 is 1.85 bits per heavy atom. The maximum atomic E-state index is 12.6. The molecule has 1 aliphatic heterocycles. The number of benzene rings is 2. The van der Waals surface area contributed by atoms with Crippen molar-refractivity contribution in [1.29, 1.82) is 0 Å². The van der Waals surface area contributed by atoms with Gasteiger partial charge in [0.05, 0.1) is 17.4 Å². The van der Waals surface area contributed by atoms with Crippen molar-refractivity contribution in [2.75, 3.05) is 6.61 Å². The minimum Gasteiger partial charge on any atom is -0.484 e. The lowest BCUT2D eigenvalue weighted by Gasteiger charge is -2.24. The first-order valence-electron chi connectivity index (χ1n) is 8.30. The Balaban J connectivity index is 1.77. The van der Waals surface area contributed by atoms with Crippen LogP contribution in [0.5, 0.6) is 11.5 Å². The van der Waals surface area contributed by atoms with Crippen LogP contribution in [0.2, 0.25) is 0 Å². The summed E-state index contributed by atoms with van der Waals surface area (Å²) in [6, 6.07) is 13.7. The SMILES string of the molecule is NC(=O)COc1ccc([C@@H]2CC(=O)Oc3c2c(=O)oc2ccccc32)cc1. The molecule has 0 fully saturated rings. The Labute approximate surface area is 153 Å². The maximum Gasteiger partial charge on any atom is 0.343 e. The number of carbonyl (C=O) groups excluding carboxylic acids is 2. The van der Waals surface area contributed by atoms with Gasteiger partial charge in [-0.25, -0.2) is 4.79 Å². The van der Waals surface area contributed by atoms with Crippen LogP contribution in [-0.4, -0.2) is 18.5 Å². The van der Waals surface area contributed by atoms with Crippen LogP contribution in [0, 0.1) is 0 Å². The number of hydrogen-bond donors (Lipinski definition) is 1. The third-order valence-electron chi connectivity index (χ3n) is 4.40. The van der Waals surface area contributed by atoms with Crippen molar-refractivity contribution in [2.24, 2.45) is 5.73 Å². The van der Waals surface area contributed by atoms with Crippen molar-refractivity contribution in [1.82, 2.24) is 0 Å². The highest BCUT2D eigenvalue weighted by Gasteiger charge is 2.33. The van der Waals surface area contributed by atoms with Gasteiger partial charge in [-0.1, -0.05) is 24.3 Å². The van der Waals surface area contributed by atoms with E-state index in [4.69, 9.17) is 19.6 Å². The van der Waals surface area contributed by atoms with Gasteiger partial charge in [0.2, 0.25) is 0 Å². The number of amides is 1. The lowest BCUT2D eigenvalue weighted by Crippen LogP contribution is -2.26. The molecule has 2 aromatic carbocycles. The first kappa shape index (κ1) is 16.8. The quantitative estimate of drug-likeness (QED) is 0.560. The summed E-state index contributed by atoms with van der Waals surface area (Å²) >= 11 is 0. The number of esters is 1. The monoisotopic (exact) mass is 365 g/mol. The van der Waals surface area contributed by atoms with E-state index < -0.39 is 23.4 Å². The predicted octanol–water partition coefficient (Wildman–Crippen LogP) is 2.10. The number of fused-ring (bicyclic) bond motifs is 3. The molecule has 0 unspecified atom stereocenters. The standard InChI is InChI=1S/C20H15NO6/c21-16(22)10-25-12-7-5-11(6-8-12)14-9-17(23)27-19-13-3-1-2-4-15(13)26-20(24)18(14)19/h1-8,14H,9-10H2,(H2,21,22)/t14-/m0/s1. The molecule has 136 valence electrons. The van der Waals surface area contributed by atoms with Crippen LogP contribution in [0.3, 0.4) is 0 Å². The first-order valence-corrected chi connectivity index (χ1v) is 8.30. The zero-order valence-electron chi connectivity index (χ0n) is 14.1. The fraction of sp³-hybridized carbons (Fsp3) is 0.150. The van der Waals surface area contributed by atoms with E-state index in [-0.39, 0.29) is 18.8 Å². The molecule has 0 spiro atoms. The molecular formula is C20H15NO6. The van der Waals surface area contributed by atoms with E-state index >= 15 is 0 Å². The highest BCUT2D eigenvalue weighted by molar-refractivity contribution is 5.90. The van der Waals surface area contributed by atoms with Gasteiger partial charge >= 0.3 is 11.6 Å². The van der Waals surface area contributed by atoms with E-state index in [0.717, 1.165) is 5.56 Å². The van der Waals surface area contributed by atoms with Crippen molar-refractivity contribution in [3.63, 3.8) is 0 Å². The first-order chi connectivity index (χ1) is 13.0. The summed E-state index contributed by atoms with van der Waals surface area (Å²) in [5, 5.41) is 0.576. The molecule has 0 bridgehead atoms. The van der Waals surface area contributed by atoms with Crippen molar-refractivity contribution in [3.05, 3.63) is 70.1 Å². The molecule has 3 aromatic rings. The van der Waals surface area contributed by atoms with Crippen LogP contribution in [-0.2, 0) is 9.59 Å². The highest BCUT2D eigenvalue weighted by Crippen LogP contribution is 2.40. The Bertz CT molecular complexity index is 1100.